The summed E-state index contributed by atoms with van der Waals surface area (Å²) in [4.78, 5) is 4.19. The number of hydrogen-bond donors (Lipinski definition) is 1. The lowest BCUT2D eigenvalue weighted by Crippen LogP contribution is -2.23. The Morgan fingerprint density at radius 2 is 2.19 bits per heavy atom. The highest BCUT2D eigenvalue weighted by molar-refractivity contribution is 5.42. The van der Waals surface area contributed by atoms with Crippen LogP contribution in [-0.2, 0) is 4.74 Å². The minimum atomic E-state index is 0.324. The summed E-state index contributed by atoms with van der Waals surface area (Å²) in [5, 5.41) is 3.36. The van der Waals surface area contributed by atoms with Crippen molar-refractivity contribution in [3.8, 4) is 5.88 Å². The second-order valence-corrected chi connectivity index (χ2v) is 3.52. The molecule has 0 amide bonds. The minimum absolute atomic E-state index is 0.324. The summed E-state index contributed by atoms with van der Waals surface area (Å²) in [6.45, 7) is 5.41. The zero-order valence-corrected chi connectivity index (χ0v) is 10.2. The third kappa shape index (κ3) is 4.06. The number of rotatable bonds is 7. The van der Waals surface area contributed by atoms with Crippen LogP contribution < -0.4 is 10.1 Å². The van der Waals surface area contributed by atoms with Crippen LogP contribution in [0.15, 0.2) is 18.3 Å². The Kier molecular flexibility index (Phi) is 5.64. The highest BCUT2D eigenvalue weighted by atomic mass is 16.5. The molecule has 1 rings (SSSR count). The van der Waals surface area contributed by atoms with E-state index < -0.39 is 0 Å². The van der Waals surface area contributed by atoms with E-state index in [2.05, 4.69) is 17.2 Å². The third-order valence-corrected chi connectivity index (χ3v) is 2.26. The van der Waals surface area contributed by atoms with Crippen molar-refractivity contribution in [2.24, 2.45) is 0 Å². The molecule has 1 N–H and O–H groups in total. The first kappa shape index (κ1) is 12.8. The summed E-state index contributed by atoms with van der Waals surface area (Å²) in [7, 11) is 1.71. The van der Waals surface area contributed by atoms with Crippen molar-refractivity contribution < 1.29 is 9.47 Å². The largest absolute Gasteiger partial charge is 0.478 e. The summed E-state index contributed by atoms with van der Waals surface area (Å²) in [5.41, 5.74) is 0.993. The van der Waals surface area contributed by atoms with E-state index in [9.17, 15) is 0 Å². The topological polar surface area (TPSA) is 43.4 Å². The molecule has 1 aromatic heterocycles. The van der Waals surface area contributed by atoms with E-state index in [1.165, 1.54) is 0 Å². The molecular weight excluding hydrogens is 204 g/mol. The summed E-state index contributed by atoms with van der Waals surface area (Å²) >= 11 is 0. The number of pyridine rings is 1. The molecule has 0 saturated carbocycles. The van der Waals surface area contributed by atoms with Gasteiger partial charge in [0.05, 0.1) is 25.1 Å². The van der Waals surface area contributed by atoms with Gasteiger partial charge in [-0.05, 0) is 19.4 Å². The van der Waals surface area contributed by atoms with E-state index >= 15 is 0 Å². The predicted octanol–water partition coefficient (Wildman–Crippen LogP) is 2.32. The first-order valence-electron chi connectivity index (χ1n) is 5.64. The molecule has 4 heteroatoms. The fourth-order valence-corrected chi connectivity index (χ4v) is 1.40. The van der Waals surface area contributed by atoms with Crippen LogP contribution >= 0.6 is 0 Å². The van der Waals surface area contributed by atoms with Crippen molar-refractivity contribution >= 4 is 5.69 Å². The summed E-state index contributed by atoms with van der Waals surface area (Å²) in [6.07, 6.45) is 2.80. The fraction of sp³-hybridized carbons (Fsp3) is 0.583. The van der Waals surface area contributed by atoms with Gasteiger partial charge in [-0.2, -0.15) is 0 Å². The Morgan fingerprint density at radius 1 is 1.38 bits per heavy atom. The average Bonchev–Trinajstić information content (AvgIpc) is 2.31. The maximum atomic E-state index is 5.28. The summed E-state index contributed by atoms with van der Waals surface area (Å²) < 4.78 is 10.4. The predicted molar refractivity (Wildman–Crippen MR) is 65.0 cm³/mol. The monoisotopic (exact) mass is 224 g/mol. The fourth-order valence-electron chi connectivity index (χ4n) is 1.40. The molecule has 0 radical (unpaired) electrons. The Labute approximate surface area is 97.0 Å². The number of anilines is 1. The van der Waals surface area contributed by atoms with Crippen LogP contribution in [-0.4, -0.2) is 31.3 Å². The SMILES string of the molecule is CCOc1ccc(NC(CC)COC)cn1. The number of hydrogen-bond acceptors (Lipinski definition) is 4. The van der Waals surface area contributed by atoms with Crippen molar-refractivity contribution in [1.29, 1.82) is 0 Å². The number of ether oxygens (including phenoxy) is 2. The summed E-state index contributed by atoms with van der Waals surface area (Å²) in [6, 6.07) is 4.16. The van der Waals surface area contributed by atoms with Gasteiger partial charge < -0.3 is 14.8 Å². The molecule has 16 heavy (non-hydrogen) atoms. The normalized spacial score (nSPS) is 12.2. The van der Waals surface area contributed by atoms with Gasteiger partial charge in [-0.1, -0.05) is 6.92 Å². The smallest absolute Gasteiger partial charge is 0.213 e. The third-order valence-electron chi connectivity index (χ3n) is 2.26. The lowest BCUT2D eigenvalue weighted by molar-refractivity contribution is 0.184. The Bertz CT molecular complexity index is 288. The van der Waals surface area contributed by atoms with Crippen LogP contribution in [0.1, 0.15) is 20.3 Å². The molecule has 0 bridgehead atoms. The van der Waals surface area contributed by atoms with Crippen LogP contribution in [0.5, 0.6) is 5.88 Å². The van der Waals surface area contributed by atoms with E-state index in [0.717, 1.165) is 12.1 Å². The van der Waals surface area contributed by atoms with Crippen molar-refractivity contribution in [3.63, 3.8) is 0 Å². The molecule has 0 saturated heterocycles. The Hall–Kier alpha value is -1.29. The van der Waals surface area contributed by atoms with Gasteiger partial charge in [-0.3, -0.25) is 0 Å². The van der Waals surface area contributed by atoms with Gasteiger partial charge in [0, 0.05) is 19.2 Å². The molecule has 1 atom stereocenters. The van der Waals surface area contributed by atoms with Gasteiger partial charge in [-0.15, -0.1) is 0 Å². The molecule has 90 valence electrons. The highest BCUT2D eigenvalue weighted by Crippen LogP contribution is 2.13. The van der Waals surface area contributed by atoms with Crippen molar-refractivity contribution in [2.45, 2.75) is 26.3 Å². The van der Waals surface area contributed by atoms with Gasteiger partial charge in [0.15, 0.2) is 0 Å². The maximum absolute atomic E-state index is 5.28. The van der Waals surface area contributed by atoms with E-state index in [1.54, 1.807) is 13.3 Å². The number of nitrogens with one attached hydrogen (secondary N) is 1. The molecule has 0 spiro atoms. The van der Waals surface area contributed by atoms with E-state index in [0.29, 0.717) is 25.1 Å². The van der Waals surface area contributed by atoms with Crippen LogP contribution in [0.4, 0.5) is 5.69 Å². The average molecular weight is 224 g/mol. The maximum Gasteiger partial charge on any atom is 0.213 e. The second kappa shape index (κ2) is 7.06. The number of aromatic nitrogens is 1. The molecule has 1 unspecified atom stereocenters. The lowest BCUT2D eigenvalue weighted by Gasteiger charge is -2.17. The Morgan fingerprint density at radius 3 is 2.69 bits per heavy atom. The molecule has 0 aliphatic heterocycles. The first-order valence-corrected chi connectivity index (χ1v) is 5.64. The molecular formula is C12H20N2O2. The van der Waals surface area contributed by atoms with E-state index in [1.807, 2.05) is 19.1 Å². The van der Waals surface area contributed by atoms with Gasteiger partial charge in [0.25, 0.3) is 0 Å². The first-order chi connectivity index (χ1) is 7.80. The molecule has 1 heterocycles. The highest BCUT2D eigenvalue weighted by Gasteiger charge is 2.05. The van der Waals surface area contributed by atoms with Crippen LogP contribution in [0, 0.1) is 0 Å². The van der Waals surface area contributed by atoms with Gasteiger partial charge in [0.1, 0.15) is 0 Å². The Balaban J connectivity index is 2.53. The lowest BCUT2D eigenvalue weighted by atomic mass is 10.2. The van der Waals surface area contributed by atoms with E-state index in [-0.39, 0.29) is 0 Å². The van der Waals surface area contributed by atoms with Crippen molar-refractivity contribution in [2.75, 3.05) is 25.6 Å². The molecule has 4 nitrogen and oxygen atoms in total. The van der Waals surface area contributed by atoms with Crippen molar-refractivity contribution in [1.82, 2.24) is 4.98 Å². The van der Waals surface area contributed by atoms with Gasteiger partial charge in [-0.25, -0.2) is 4.98 Å². The van der Waals surface area contributed by atoms with Crippen LogP contribution in [0.25, 0.3) is 0 Å². The molecule has 0 fully saturated rings. The van der Waals surface area contributed by atoms with Crippen molar-refractivity contribution in [3.05, 3.63) is 18.3 Å². The molecule has 0 aromatic carbocycles. The molecule has 0 aliphatic rings. The molecule has 0 aliphatic carbocycles. The zero-order valence-electron chi connectivity index (χ0n) is 10.2. The quantitative estimate of drug-likeness (QED) is 0.772. The minimum Gasteiger partial charge on any atom is -0.478 e. The number of nitrogens with zero attached hydrogens (tertiary/aromatic N) is 1. The second-order valence-electron chi connectivity index (χ2n) is 3.52. The van der Waals surface area contributed by atoms with Crippen LogP contribution in [0.3, 0.4) is 0 Å². The summed E-state index contributed by atoms with van der Waals surface area (Å²) in [5.74, 6) is 0.660. The van der Waals surface area contributed by atoms with Gasteiger partial charge >= 0.3 is 0 Å². The van der Waals surface area contributed by atoms with Gasteiger partial charge in [0.2, 0.25) is 5.88 Å². The van der Waals surface area contributed by atoms with E-state index in [4.69, 9.17) is 9.47 Å². The number of methoxy groups -OCH3 is 1. The van der Waals surface area contributed by atoms with Crippen LogP contribution in [0.2, 0.25) is 0 Å². The zero-order chi connectivity index (χ0) is 11.8. The molecule has 1 aromatic rings. The standard InChI is InChI=1S/C12H20N2O2/c1-4-10(9-15-3)14-11-6-7-12(13-8-11)16-5-2/h6-8,10,14H,4-5,9H2,1-3H3.